The average molecular weight is 249 g/mol. The van der Waals surface area contributed by atoms with Gasteiger partial charge in [-0.05, 0) is 51.0 Å². The van der Waals surface area contributed by atoms with E-state index < -0.39 is 0 Å². The van der Waals surface area contributed by atoms with Crippen molar-refractivity contribution >= 4 is 5.71 Å². The van der Waals surface area contributed by atoms with E-state index in [0.29, 0.717) is 0 Å². The number of fused-ring (bicyclic) bond motifs is 1. The van der Waals surface area contributed by atoms with Crippen LogP contribution in [0.2, 0.25) is 0 Å². The zero-order chi connectivity index (χ0) is 13.4. The molecule has 0 spiro atoms. The monoisotopic (exact) mass is 249 g/mol. The van der Waals surface area contributed by atoms with Crippen LogP contribution in [0.3, 0.4) is 0 Å². The van der Waals surface area contributed by atoms with Gasteiger partial charge in [-0.2, -0.15) is 0 Å². The lowest BCUT2D eigenvalue weighted by molar-refractivity contribution is 0.942. The Kier molecular flexibility index (Phi) is 2.98. The van der Waals surface area contributed by atoms with Gasteiger partial charge in [0.05, 0.1) is 5.71 Å². The quantitative estimate of drug-likeness (QED) is 0.724. The Morgan fingerprint density at radius 2 is 1.58 bits per heavy atom. The molecule has 2 aromatic carbocycles. The van der Waals surface area contributed by atoms with Crippen molar-refractivity contribution in [2.24, 2.45) is 4.99 Å². The molecule has 0 atom stereocenters. The molecule has 2 aromatic rings. The van der Waals surface area contributed by atoms with Crippen LogP contribution in [-0.4, -0.2) is 12.3 Å². The summed E-state index contributed by atoms with van der Waals surface area (Å²) < 4.78 is 0. The molecule has 0 aliphatic carbocycles. The molecule has 19 heavy (non-hydrogen) atoms. The summed E-state index contributed by atoms with van der Waals surface area (Å²) in [6.07, 6.45) is 1.06. The van der Waals surface area contributed by atoms with Crippen LogP contribution in [0.15, 0.2) is 41.4 Å². The van der Waals surface area contributed by atoms with E-state index in [1.165, 1.54) is 33.4 Å². The van der Waals surface area contributed by atoms with E-state index in [1.807, 2.05) is 0 Å². The van der Waals surface area contributed by atoms with Gasteiger partial charge in [0.2, 0.25) is 0 Å². The molecular weight excluding hydrogens is 230 g/mol. The predicted molar refractivity (Wildman–Crippen MR) is 81.3 cm³/mol. The van der Waals surface area contributed by atoms with Gasteiger partial charge in [-0.1, -0.05) is 34.9 Å². The minimum absolute atomic E-state index is 0.901. The molecule has 1 heterocycles. The Balaban J connectivity index is 2.16. The van der Waals surface area contributed by atoms with Gasteiger partial charge in [-0.25, -0.2) is 0 Å². The van der Waals surface area contributed by atoms with Crippen LogP contribution in [-0.2, 0) is 6.42 Å². The van der Waals surface area contributed by atoms with Gasteiger partial charge in [0.15, 0.2) is 0 Å². The zero-order valence-corrected chi connectivity index (χ0v) is 11.8. The molecule has 0 saturated carbocycles. The Morgan fingerprint density at radius 3 is 2.32 bits per heavy atom. The van der Waals surface area contributed by atoms with Gasteiger partial charge >= 0.3 is 0 Å². The van der Waals surface area contributed by atoms with E-state index >= 15 is 0 Å². The molecule has 0 aromatic heterocycles. The second-order valence-electron chi connectivity index (χ2n) is 5.52. The fourth-order valence-corrected chi connectivity index (χ4v) is 2.86. The summed E-state index contributed by atoms with van der Waals surface area (Å²) in [5, 5.41) is 0. The van der Waals surface area contributed by atoms with Crippen molar-refractivity contribution < 1.29 is 0 Å². The molecule has 0 bridgehead atoms. The fraction of sp³-hybridized carbons (Fsp3) is 0.278. The van der Waals surface area contributed by atoms with Crippen LogP contribution >= 0.6 is 0 Å². The highest BCUT2D eigenvalue weighted by atomic mass is 14.7. The Labute approximate surface area is 115 Å². The normalized spacial score (nSPS) is 13.9. The van der Waals surface area contributed by atoms with Gasteiger partial charge in [-0.3, -0.25) is 4.99 Å². The molecular formula is C18H19N. The molecule has 0 radical (unpaired) electrons. The highest BCUT2D eigenvalue weighted by Gasteiger charge is 2.16. The van der Waals surface area contributed by atoms with E-state index in [4.69, 9.17) is 4.99 Å². The zero-order valence-electron chi connectivity index (χ0n) is 11.8. The van der Waals surface area contributed by atoms with E-state index in [9.17, 15) is 0 Å². The summed E-state index contributed by atoms with van der Waals surface area (Å²) in [5.74, 6) is 0. The molecule has 0 amide bonds. The Hall–Kier alpha value is -1.89. The van der Waals surface area contributed by atoms with Crippen LogP contribution in [0.1, 0.15) is 33.4 Å². The van der Waals surface area contributed by atoms with E-state index in [0.717, 1.165) is 18.7 Å². The molecule has 1 nitrogen and oxygen atoms in total. The SMILES string of the molecule is Cc1cc(C)cc(C2=NCCc3ccc(C)cc32)c1. The van der Waals surface area contributed by atoms with Crippen molar-refractivity contribution in [2.45, 2.75) is 27.2 Å². The third-order valence-electron chi connectivity index (χ3n) is 3.67. The Morgan fingerprint density at radius 1 is 0.842 bits per heavy atom. The van der Waals surface area contributed by atoms with Gasteiger partial charge in [-0.15, -0.1) is 0 Å². The van der Waals surface area contributed by atoms with Crippen molar-refractivity contribution in [3.8, 4) is 0 Å². The summed E-state index contributed by atoms with van der Waals surface area (Å²) in [7, 11) is 0. The number of aryl methyl sites for hydroxylation is 3. The standard InChI is InChI=1S/C18H19N/c1-12-4-5-15-6-7-19-18(17(15)11-12)16-9-13(2)8-14(3)10-16/h4-5,8-11H,6-7H2,1-3H3. The topological polar surface area (TPSA) is 12.4 Å². The highest BCUT2D eigenvalue weighted by Crippen LogP contribution is 2.23. The number of aliphatic imine (C=N–C) groups is 1. The molecule has 1 aliphatic rings. The van der Waals surface area contributed by atoms with Gasteiger partial charge in [0.1, 0.15) is 0 Å². The van der Waals surface area contributed by atoms with Crippen LogP contribution in [0.4, 0.5) is 0 Å². The van der Waals surface area contributed by atoms with Crippen LogP contribution < -0.4 is 0 Å². The maximum absolute atomic E-state index is 4.78. The van der Waals surface area contributed by atoms with Crippen LogP contribution in [0, 0.1) is 20.8 Å². The lowest BCUT2D eigenvalue weighted by Crippen LogP contribution is -2.14. The maximum atomic E-state index is 4.78. The molecule has 96 valence electrons. The second-order valence-corrected chi connectivity index (χ2v) is 5.52. The third kappa shape index (κ3) is 2.33. The first-order chi connectivity index (χ1) is 9.13. The van der Waals surface area contributed by atoms with Crippen LogP contribution in [0.25, 0.3) is 0 Å². The summed E-state index contributed by atoms with van der Waals surface area (Å²) in [5.41, 5.74) is 9.07. The molecule has 0 saturated heterocycles. The smallest absolute Gasteiger partial charge is 0.0722 e. The lowest BCUT2D eigenvalue weighted by Gasteiger charge is -2.18. The molecule has 0 N–H and O–H groups in total. The van der Waals surface area contributed by atoms with Gasteiger partial charge in [0, 0.05) is 17.7 Å². The van der Waals surface area contributed by atoms with Crippen molar-refractivity contribution in [1.29, 1.82) is 0 Å². The molecule has 1 heteroatoms. The van der Waals surface area contributed by atoms with Crippen molar-refractivity contribution in [3.63, 3.8) is 0 Å². The fourth-order valence-electron chi connectivity index (χ4n) is 2.86. The summed E-state index contributed by atoms with van der Waals surface area (Å²) >= 11 is 0. The highest BCUT2D eigenvalue weighted by molar-refractivity contribution is 6.14. The van der Waals surface area contributed by atoms with Crippen molar-refractivity contribution in [3.05, 3.63) is 69.8 Å². The number of hydrogen-bond donors (Lipinski definition) is 0. The number of benzene rings is 2. The van der Waals surface area contributed by atoms with Gasteiger partial charge in [0.25, 0.3) is 0 Å². The van der Waals surface area contributed by atoms with Crippen molar-refractivity contribution in [1.82, 2.24) is 0 Å². The van der Waals surface area contributed by atoms with E-state index in [2.05, 4.69) is 57.2 Å². The Bertz CT molecular complexity index is 645. The minimum Gasteiger partial charge on any atom is -0.284 e. The summed E-state index contributed by atoms with van der Waals surface area (Å²) in [4.78, 5) is 4.78. The number of rotatable bonds is 1. The largest absolute Gasteiger partial charge is 0.284 e. The minimum atomic E-state index is 0.901. The first-order valence-electron chi connectivity index (χ1n) is 6.86. The number of hydrogen-bond acceptors (Lipinski definition) is 1. The molecule has 1 aliphatic heterocycles. The first-order valence-corrected chi connectivity index (χ1v) is 6.86. The first kappa shape index (κ1) is 12.2. The van der Waals surface area contributed by atoms with E-state index in [-0.39, 0.29) is 0 Å². The summed E-state index contributed by atoms with van der Waals surface area (Å²) in [6.45, 7) is 7.35. The predicted octanol–water partition coefficient (Wildman–Crippen LogP) is 4.01. The van der Waals surface area contributed by atoms with E-state index in [1.54, 1.807) is 0 Å². The molecule has 0 unspecified atom stereocenters. The second kappa shape index (κ2) is 4.65. The van der Waals surface area contributed by atoms with Crippen molar-refractivity contribution in [2.75, 3.05) is 6.54 Å². The van der Waals surface area contributed by atoms with Crippen LogP contribution in [0.5, 0.6) is 0 Å². The average Bonchev–Trinajstić information content (AvgIpc) is 2.36. The maximum Gasteiger partial charge on any atom is 0.0722 e. The lowest BCUT2D eigenvalue weighted by atomic mass is 9.91. The number of nitrogens with zero attached hydrogens (tertiary/aromatic N) is 1. The summed E-state index contributed by atoms with van der Waals surface area (Å²) in [6, 6.07) is 13.4. The molecule has 3 rings (SSSR count). The third-order valence-corrected chi connectivity index (χ3v) is 3.67. The molecule has 0 fully saturated rings. The van der Waals surface area contributed by atoms with Gasteiger partial charge < -0.3 is 0 Å².